The first-order chi connectivity index (χ1) is 9.60. The van der Waals surface area contributed by atoms with Crippen LogP contribution in [0.4, 0.5) is 5.69 Å². The first-order valence-corrected chi connectivity index (χ1v) is 7.60. The van der Waals surface area contributed by atoms with Crippen LogP contribution in [0.3, 0.4) is 0 Å². The third-order valence-electron chi connectivity index (χ3n) is 4.26. The molecule has 0 heterocycles. The van der Waals surface area contributed by atoms with Crippen molar-refractivity contribution in [1.29, 1.82) is 0 Å². The number of non-ortho nitro benzene ring substituents is 1. The fourth-order valence-electron chi connectivity index (χ4n) is 3.17. The average molecular weight is 276 g/mol. The van der Waals surface area contributed by atoms with E-state index < -0.39 is 0 Å². The van der Waals surface area contributed by atoms with Crippen LogP contribution in [0.2, 0.25) is 0 Å². The number of nitrogens with zero attached hydrogens (tertiary/aromatic N) is 1. The van der Waals surface area contributed by atoms with Crippen LogP contribution >= 0.6 is 0 Å². The summed E-state index contributed by atoms with van der Waals surface area (Å²) in [7, 11) is 0. The van der Waals surface area contributed by atoms with Crippen molar-refractivity contribution in [2.24, 2.45) is 5.92 Å². The number of hydrogen-bond acceptors (Lipinski definition) is 3. The standard InChI is InChI=1S/C16H24N2O2/c1-3-16(17-14-8-4-6-12(2)10-14)13-7-5-9-15(11-13)18(19)20/h5,7,9,11-12,14,16-17H,3-4,6,8,10H2,1-2H3. The van der Waals surface area contributed by atoms with Crippen LogP contribution in [-0.4, -0.2) is 11.0 Å². The van der Waals surface area contributed by atoms with Crippen molar-refractivity contribution in [2.75, 3.05) is 0 Å². The molecule has 1 fully saturated rings. The highest BCUT2D eigenvalue weighted by molar-refractivity contribution is 5.35. The van der Waals surface area contributed by atoms with Crippen molar-refractivity contribution >= 4 is 5.69 Å². The van der Waals surface area contributed by atoms with Gasteiger partial charge in [-0.15, -0.1) is 0 Å². The monoisotopic (exact) mass is 276 g/mol. The molecule has 0 amide bonds. The van der Waals surface area contributed by atoms with Gasteiger partial charge in [-0.1, -0.05) is 38.8 Å². The molecule has 1 aromatic carbocycles. The summed E-state index contributed by atoms with van der Waals surface area (Å²) in [4.78, 5) is 10.6. The van der Waals surface area contributed by atoms with Gasteiger partial charge in [0.15, 0.2) is 0 Å². The summed E-state index contributed by atoms with van der Waals surface area (Å²) >= 11 is 0. The van der Waals surface area contributed by atoms with E-state index in [1.807, 2.05) is 6.07 Å². The van der Waals surface area contributed by atoms with Gasteiger partial charge in [0.25, 0.3) is 5.69 Å². The van der Waals surface area contributed by atoms with Gasteiger partial charge in [0, 0.05) is 24.2 Å². The van der Waals surface area contributed by atoms with E-state index in [4.69, 9.17) is 0 Å². The van der Waals surface area contributed by atoms with Gasteiger partial charge in [-0.25, -0.2) is 0 Å². The van der Waals surface area contributed by atoms with Crippen LogP contribution in [-0.2, 0) is 0 Å². The molecule has 0 radical (unpaired) electrons. The molecule has 0 spiro atoms. The highest BCUT2D eigenvalue weighted by Crippen LogP contribution is 2.28. The number of rotatable bonds is 5. The van der Waals surface area contributed by atoms with Gasteiger partial charge < -0.3 is 5.32 Å². The van der Waals surface area contributed by atoms with E-state index in [2.05, 4.69) is 19.2 Å². The number of nitro groups is 1. The Bertz CT molecular complexity index is 462. The van der Waals surface area contributed by atoms with E-state index in [1.165, 1.54) is 25.7 Å². The Balaban J connectivity index is 2.07. The molecular formula is C16H24N2O2. The Morgan fingerprint density at radius 3 is 2.90 bits per heavy atom. The van der Waals surface area contributed by atoms with Crippen molar-refractivity contribution in [1.82, 2.24) is 5.32 Å². The third-order valence-corrected chi connectivity index (χ3v) is 4.26. The summed E-state index contributed by atoms with van der Waals surface area (Å²) in [5.41, 5.74) is 1.21. The lowest BCUT2D eigenvalue weighted by molar-refractivity contribution is -0.384. The number of hydrogen-bond donors (Lipinski definition) is 1. The molecule has 1 N–H and O–H groups in total. The van der Waals surface area contributed by atoms with E-state index in [9.17, 15) is 10.1 Å². The van der Waals surface area contributed by atoms with Crippen molar-refractivity contribution in [3.8, 4) is 0 Å². The van der Waals surface area contributed by atoms with E-state index in [0.717, 1.165) is 17.9 Å². The van der Waals surface area contributed by atoms with Gasteiger partial charge in [-0.05, 0) is 30.7 Å². The van der Waals surface area contributed by atoms with Crippen LogP contribution in [0.15, 0.2) is 24.3 Å². The second-order valence-corrected chi connectivity index (χ2v) is 5.95. The SMILES string of the molecule is CCC(NC1CCCC(C)C1)c1cccc([N+](=O)[O-])c1. The second kappa shape index (κ2) is 6.84. The fraction of sp³-hybridized carbons (Fsp3) is 0.625. The molecule has 3 unspecified atom stereocenters. The van der Waals surface area contributed by atoms with Crippen molar-refractivity contribution in [3.05, 3.63) is 39.9 Å². The van der Waals surface area contributed by atoms with Crippen molar-refractivity contribution in [2.45, 2.75) is 58.0 Å². The zero-order valence-corrected chi connectivity index (χ0v) is 12.3. The summed E-state index contributed by atoms with van der Waals surface area (Å²) in [5, 5.41) is 14.6. The summed E-state index contributed by atoms with van der Waals surface area (Å²) in [6.07, 6.45) is 5.99. The molecule has 0 aliphatic heterocycles. The lowest BCUT2D eigenvalue weighted by Crippen LogP contribution is -2.36. The van der Waals surface area contributed by atoms with Crippen molar-refractivity contribution < 1.29 is 4.92 Å². The van der Waals surface area contributed by atoms with Crippen LogP contribution in [0.1, 0.15) is 57.6 Å². The zero-order chi connectivity index (χ0) is 14.5. The van der Waals surface area contributed by atoms with E-state index in [-0.39, 0.29) is 16.7 Å². The molecule has 1 aliphatic carbocycles. The highest BCUT2D eigenvalue weighted by atomic mass is 16.6. The van der Waals surface area contributed by atoms with Crippen LogP contribution in [0.25, 0.3) is 0 Å². The molecule has 0 aromatic heterocycles. The predicted octanol–water partition coefficient (Wildman–Crippen LogP) is 4.21. The number of nitrogens with one attached hydrogen (secondary N) is 1. The number of benzene rings is 1. The Kier molecular flexibility index (Phi) is 5.12. The van der Waals surface area contributed by atoms with Crippen LogP contribution in [0, 0.1) is 16.0 Å². The van der Waals surface area contributed by atoms with E-state index >= 15 is 0 Å². The van der Waals surface area contributed by atoms with Gasteiger partial charge in [0.1, 0.15) is 0 Å². The van der Waals surface area contributed by atoms with Crippen LogP contribution in [0.5, 0.6) is 0 Å². The fourth-order valence-corrected chi connectivity index (χ4v) is 3.17. The first kappa shape index (κ1) is 15.0. The molecule has 20 heavy (non-hydrogen) atoms. The van der Waals surface area contributed by atoms with Gasteiger partial charge in [-0.2, -0.15) is 0 Å². The van der Waals surface area contributed by atoms with Gasteiger partial charge in [0.2, 0.25) is 0 Å². The Morgan fingerprint density at radius 2 is 2.25 bits per heavy atom. The molecule has 1 aliphatic rings. The molecule has 3 atom stereocenters. The normalized spacial score (nSPS) is 24.3. The largest absolute Gasteiger partial charge is 0.307 e. The highest BCUT2D eigenvalue weighted by Gasteiger charge is 2.22. The third kappa shape index (κ3) is 3.79. The summed E-state index contributed by atoms with van der Waals surface area (Å²) in [5.74, 6) is 0.781. The lowest BCUT2D eigenvalue weighted by atomic mass is 9.86. The quantitative estimate of drug-likeness (QED) is 0.647. The summed E-state index contributed by atoms with van der Waals surface area (Å²) in [6.45, 7) is 4.44. The minimum atomic E-state index is -0.321. The summed E-state index contributed by atoms with van der Waals surface area (Å²) in [6, 6.07) is 7.78. The van der Waals surface area contributed by atoms with Crippen molar-refractivity contribution in [3.63, 3.8) is 0 Å². The van der Waals surface area contributed by atoms with Gasteiger partial charge in [-0.3, -0.25) is 10.1 Å². The zero-order valence-electron chi connectivity index (χ0n) is 12.3. The molecule has 1 saturated carbocycles. The molecule has 1 aromatic rings. The minimum absolute atomic E-state index is 0.180. The molecule has 0 bridgehead atoms. The van der Waals surface area contributed by atoms with Gasteiger partial charge in [0.05, 0.1) is 4.92 Å². The molecule has 110 valence electrons. The lowest BCUT2D eigenvalue weighted by Gasteiger charge is -2.31. The minimum Gasteiger partial charge on any atom is -0.307 e. The van der Waals surface area contributed by atoms with Gasteiger partial charge >= 0.3 is 0 Å². The molecule has 4 nitrogen and oxygen atoms in total. The Hall–Kier alpha value is -1.42. The van der Waals surface area contributed by atoms with E-state index in [0.29, 0.717) is 6.04 Å². The smallest absolute Gasteiger partial charge is 0.269 e. The maximum atomic E-state index is 10.9. The first-order valence-electron chi connectivity index (χ1n) is 7.60. The number of nitro benzene ring substituents is 1. The molecule has 4 heteroatoms. The molecule has 0 saturated heterocycles. The average Bonchev–Trinajstić information content (AvgIpc) is 2.45. The maximum absolute atomic E-state index is 10.9. The van der Waals surface area contributed by atoms with Crippen LogP contribution < -0.4 is 5.32 Å². The van der Waals surface area contributed by atoms with E-state index in [1.54, 1.807) is 18.2 Å². The Labute approximate surface area is 120 Å². The molecule has 2 rings (SSSR count). The maximum Gasteiger partial charge on any atom is 0.269 e. The predicted molar refractivity (Wildman–Crippen MR) is 80.7 cm³/mol. The summed E-state index contributed by atoms with van der Waals surface area (Å²) < 4.78 is 0. The topological polar surface area (TPSA) is 55.2 Å². The molecular weight excluding hydrogens is 252 g/mol. The second-order valence-electron chi connectivity index (χ2n) is 5.95. The Morgan fingerprint density at radius 1 is 1.45 bits per heavy atom.